The Morgan fingerprint density at radius 1 is 1.25 bits per heavy atom. The van der Waals surface area contributed by atoms with Crippen molar-refractivity contribution in [2.75, 3.05) is 6.54 Å². The summed E-state index contributed by atoms with van der Waals surface area (Å²) in [5.41, 5.74) is 4.36. The lowest BCUT2D eigenvalue weighted by atomic mass is 10.0. The molecule has 0 unspecified atom stereocenters. The second-order valence-electron chi connectivity index (χ2n) is 5.76. The summed E-state index contributed by atoms with van der Waals surface area (Å²) in [6.07, 6.45) is 5.45. The summed E-state index contributed by atoms with van der Waals surface area (Å²) in [7, 11) is 0. The molecular formula is C20H22N2OS. The Balaban J connectivity index is 2.60. The van der Waals surface area contributed by atoms with Crippen molar-refractivity contribution in [1.29, 1.82) is 0 Å². The molecule has 0 atom stereocenters. The average molecular weight is 338 g/mol. The standard InChI is InChI=1S/C20H22N2OS/c1-5-10-21-20(24)18(22-11-6-7-14(2)13-22)19(23)17-9-8-15(3)16(4)12-17/h5-9,11-13H,1,10H2,2-4H3,(H-,21,23,24). The lowest BCUT2D eigenvalue weighted by Gasteiger charge is -2.17. The Morgan fingerprint density at radius 3 is 2.62 bits per heavy atom. The number of pyridine rings is 1. The highest BCUT2D eigenvalue weighted by molar-refractivity contribution is 7.81. The van der Waals surface area contributed by atoms with Gasteiger partial charge in [-0.25, -0.2) is 0 Å². The second kappa shape index (κ2) is 7.88. The lowest BCUT2D eigenvalue weighted by Crippen LogP contribution is -2.42. The number of hydrogen-bond acceptors (Lipinski definition) is 2. The molecule has 0 saturated heterocycles. The van der Waals surface area contributed by atoms with Crippen molar-refractivity contribution in [3.8, 4) is 0 Å². The zero-order valence-corrected chi connectivity index (χ0v) is 15.1. The molecule has 2 rings (SSSR count). The number of benzene rings is 1. The van der Waals surface area contributed by atoms with Crippen molar-refractivity contribution < 1.29 is 9.67 Å². The highest BCUT2D eigenvalue weighted by atomic mass is 32.1. The van der Waals surface area contributed by atoms with Crippen LogP contribution in [0.25, 0.3) is 11.5 Å². The van der Waals surface area contributed by atoms with Gasteiger partial charge in [-0.05, 0) is 49.3 Å². The van der Waals surface area contributed by atoms with Gasteiger partial charge in [-0.3, -0.25) is 0 Å². The van der Waals surface area contributed by atoms with E-state index in [4.69, 9.17) is 12.2 Å². The molecule has 0 aliphatic carbocycles. The first-order valence-electron chi connectivity index (χ1n) is 7.80. The molecule has 24 heavy (non-hydrogen) atoms. The maximum Gasteiger partial charge on any atom is 0.237 e. The number of hydrogen-bond donors (Lipinski definition) is 1. The minimum absolute atomic E-state index is 0.102. The van der Waals surface area contributed by atoms with Gasteiger partial charge in [-0.15, -0.1) is 6.58 Å². The lowest BCUT2D eigenvalue weighted by molar-refractivity contribution is -0.578. The van der Waals surface area contributed by atoms with Gasteiger partial charge >= 0.3 is 0 Å². The molecule has 0 aliphatic heterocycles. The van der Waals surface area contributed by atoms with Crippen molar-refractivity contribution in [2.24, 2.45) is 0 Å². The number of rotatable bonds is 5. The molecule has 0 amide bonds. The maximum atomic E-state index is 13.1. The molecule has 4 heteroatoms. The summed E-state index contributed by atoms with van der Waals surface area (Å²) >= 11 is 5.46. The van der Waals surface area contributed by atoms with E-state index in [1.54, 1.807) is 10.6 Å². The molecule has 1 aromatic heterocycles. The molecule has 0 saturated carbocycles. The van der Waals surface area contributed by atoms with E-state index in [-0.39, 0.29) is 5.76 Å². The molecule has 1 N–H and O–H groups in total. The van der Waals surface area contributed by atoms with Gasteiger partial charge in [-0.1, -0.05) is 36.5 Å². The Labute approximate surface area is 149 Å². The quantitative estimate of drug-likeness (QED) is 0.299. The molecule has 124 valence electrons. The Kier molecular flexibility index (Phi) is 5.88. The number of nitrogens with one attached hydrogen (secondary N) is 1. The van der Waals surface area contributed by atoms with Crippen molar-refractivity contribution in [1.82, 2.24) is 5.32 Å². The molecule has 0 fully saturated rings. The van der Waals surface area contributed by atoms with Gasteiger partial charge in [0.05, 0.1) is 0 Å². The van der Waals surface area contributed by atoms with Gasteiger partial charge in [0.15, 0.2) is 17.4 Å². The first-order valence-corrected chi connectivity index (χ1v) is 8.21. The molecule has 0 bridgehead atoms. The van der Waals surface area contributed by atoms with E-state index in [9.17, 15) is 5.11 Å². The highest BCUT2D eigenvalue weighted by Crippen LogP contribution is 2.18. The Bertz CT molecular complexity index is 809. The van der Waals surface area contributed by atoms with Gasteiger partial charge in [0, 0.05) is 18.2 Å². The second-order valence-corrected chi connectivity index (χ2v) is 6.17. The van der Waals surface area contributed by atoms with E-state index in [1.807, 2.05) is 63.5 Å². The third-order valence-corrected chi connectivity index (χ3v) is 4.15. The molecular weight excluding hydrogens is 316 g/mol. The third kappa shape index (κ3) is 4.09. The van der Waals surface area contributed by atoms with Crippen LogP contribution >= 0.6 is 12.2 Å². The SMILES string of the molecule is C=CCNC(=S)/C(=C(\[O-])c1ccc(C)c(C)c1)[n+]1cccc(C)c1. The highest BCUT2D eigenvalue weighted by Gasteiger charge is 2.18. The van der Waals surface area contributed by atoms with Crippen LogP contribution in [-0.4, -0.2) is 11.5 Å². The van der Waals surface area contributed by atoms with Crippen LogP contribution in [0.1, 0.15) is 22.3 Å². The van der Waals surface area contributed by atoms with E-state index in [1.165, 1.54) is 0 Å². The van der Waals surface area contributed by atoms with Gasteiger partial charge in [-0.2, -0.15) is 4.57 Å². The van der Waals surface area contributed by atoms with Crippen LogP contribution < -0.4 is 15.0 Å². The molecule has 1 aromatic carbocycles. The first-order chi connectivity index (χ1) is 11.4. The van der Waals surface area contributed by atoms with E-state index < -0.39 is 0 Å². The van der Waals surface area contributed by atoms with Crippen molar-refractivity contribution >= 4 is 28.7 Å². The number of aromatic nitrogens is 1. The van der Waals surface area contributed by atoms with Crippen LogP contribution in [0, 0.1) is 20.8 Å². The summed E-state index contributed by atoms with van der Waals surface area (Å²) in [4.78, 5) is 0.411. The van der Waals surface area contributed by atoms with Crippen molar-refractivity contribution in [3.05, 3.63) is 77.6 Å². The Morgan fingerprint density at radius 2 is 2.00 bits per heavy atom. The largest absolute Gasteiger partial charge is 0.867 e. The predicted octanol–water partition coefficient (Wildman–Crippen LogP) is 2.69. The van der Waals surface area contributed by atoms with Crippen LogP contribution in [0.5, 0.6) is 0 Å². The predicted molar refractivity (Wildman–Crippen MR) is 101 cm³/mol. The summed E-state index contributed by atoms with van der Waals surface area (Å²) in [6.45, 7) is 10.2. The van der Waals surface area contributed by atoms with Gasteiger partial charge in [0.25, 0.3) is 0 Å². The third-order valence-electron chi connectivity index (χ3n) is 3.81. The normalized spacial score (nSPS) is 11.6. The average Bonchev–Trinajstić information content (AvgIpc) is 2.55. The van der Waals surface area contributed by atoms with Crippen LogP contribution in [0.15, 0.2) is 55.4 Å². The fourth-order valence-corrected chi connectivity index (χ4v) is 2.62. The van der Waals surface area contributed by atoms with Crippen LogP contribution in [0.3, 0.4) is 0 Å². The van der Waals surface area contributed by atoms with Crippen LogP contribution in [0.4, 0.5) is 0 Å². The minimum Gasteiger partial charge on any atom is -0.867 e. The van der Waals surface area contributed by atoms with E-state index in [0.717, 1.165) is 16.7 Å². The number of thiocarbonyl (C=S) groups is 1. The zero-order chi connectivity index (χ0) is 17.7. The summed E-state index contributed by atoms with van der Waals surface area (Å²) in [5, 5.41) is 16.2. The topological polar surface area (TPSA) is 39.0 Å². The number of nitrogens with zero attached hydrogens (tertiary/aromatic N) is 1. The molecule has 3 nitrogen and oxygen atoms in total. The summed E-state index contributed by atoms with van der Waals surface area (Å²) in [6, 6.07) is 9.59. The fraction of sp³-hybridized carbons (Fsp3) is 0.200. The molecule has 2 aromatic rings. The molecule has 0 radical (unpaired) electrons. The molecule has 0 aliphatic rings. The van der Waals surface area contributed by atoms with Crippen molar-refractivity contribution in [3.63, 3.8) is 0 Å². The fourth-order valence-electron chi connectivity index (χ4n) is 2.34. The smallest absolute Gasteiger partial charge is 0.237 e. The van der Waals surface area contributed by atoms with Gasteiger partial charge in [0.2, 0.25) is 5.70 Å². The van der Waals surface area contributed by atoms with Crippen molar-refractivity contribution in [2.45, 2.75) is 20.8 Å². The van der Waals surface area contributed by atoms with E-state index >= 15 is 0 Å². The van der Waals surface area contributed by atoms with Crippen LogP contribution in [-0.2, 0) is 0 Å². The van der Waals surface area contributed by atoms with Gasteiger partial charge in [0.1, 0.15) is 0 Å². The van der Waals surface area contributed by atoms with E-state index in [0.29, 0.717) is 22.8 Å². The molecule has 1 heterocycles. The van der Waals surface area contributed by atoms with Crippen LogP contribution in [0.2, 0.25) is 0 Å². The maximum absolute atomic E-state index is 13.1. The number of aryl methyl sites for hydroxylation is 3. The summed E-state index contributed by atoms with van der Waals surface area (Å²) in [5.74, 6) is -0.102. The summed E-state index contributed by atoms with van der Waals surface area (Å²) < 4.78 is 1.78. The first kappa shape index (κ1) is 17.9. The zero-order valence-electron chi connectivity index (χ0n) is 14.3. The van der Waals surface area contributed by atoms with Gasteiger partial charge < -0.3 is 10.4 Å². The monoisotopic (exact) mass is 338 g/mol. The van der Waals surface area contributed by atoms with E-state index in [2.05, 4.69) is 11.9 Å². The minimum atomic E-state index is -0.102. The molecule has 0 spiro atoms. The Hall–Kier alpha value is -2.46.